The molecule has 3 atom stereocenters. The van der Waals surface area contributed by atoms with Crippen molar-refractivity contribution in [3.63, 3.8) is 0 Å². The number of hydrogen-bond acceptors (Lipinski definition) is 6. The lowest BCUT2D eigenvalue weighted by atomic mass is 9.95. The van der Waals surface area contributed by atoms with Crippen molar-refractivity contribution >= 4 is 23.7 Å². The number of halogens is 4. The first kappa shape index (κ1) is 31.2. The van der Waals surface area contributed by atoms with Gasteiger partial charge in [0.2, 0.25) is 23.4 Å². The van der Waals surface area contributed by atoms with Crippen LogP contribution in [0, 0.1) is 41.0 Å². The van der Waals surface area contributed by atoms with Crippen LogP contribution in [-0.4, -0.2) is 55.5 Å². The average Bonchev–Trinajstić information content (AvgIpc) is 3.57. The Morgan fingerprint density at radius 1 is 1.00 bits per heavy atom. The molecular formula is C27H35F4N3O6. The van der Waals surface area contributed by atoms with Crippen molar-refractivity contribution in [1.29, 1.82) is 0 Å². The molecule has 3 amide bonds. The van der Waals surface area contributed by atoms with Gasteiger partial charge in [-0.2, -0.15) is 8.78 Å². The fourth-order valence-electron chi connectivity index (χ4n) is 4.88. The maximum absolute atomic E-state index is 14.0. The van der Waals surface area contributed by atoms with Crippen molar-refractivity contribution < 1.29 is 46.2 Å². The third kappa shape index (κ3) is 8.56. The van der Waals surface area contributed by atoms with Gasteiger partial charge < -0.3 is 25.4 Å². The predicted octanol–water partition coefficient (Wildman–Crippen LogP) is 3.53. The Bertz CT molecular complexity index is 1070. The van der Waals surface area contributed by atoms with E-state index in [0.29, 0.717) is 13.0 Å². The molecule has 9 nitrogen and oxygen atoms in total. The van der Waals surface area contributed by atoms with E-state index in [0.717, 1.165) is 25.7 Å². The van der Waals surface area contributed by atoms with Crippen LogP contribution in [0.1, 0.15) is 58.8 Å². The lowest BCUT2D eigenvalue weighted by Crippen LogP contribution is -2.53. The van der Waals surface area contributed by atoms with Crippen molar-refractivity contribution in [3.05, 3.63) is 29.3 Å². The molecule has 1 heterocycles. The number of ether oxygens (including phenoxy) is 2. The summed E-state index contributed by atoms with van der Waals surface area (Å²) in [4.78, 5) is 50.8. The summed E-state index contributed by atoms with van der Waals surface area (Å²) in [5.74, 6) is -10.9. The zero-order valence-electron chi connectivity index (χ0n) is 22.5. The van der Waals surface area contributed by atoms with E-state index in [1.807, 2.05) is 13.8 Å². The predicted molar refractivity (Wildman–Crippen MR) is 134 cm³/mol. The third-order valence-corrected chi connectivity index (χ3v) is 7.06. The van der Waals surface area contributed by atoms with Gasteiger partial charge >= 0.3 is 6.09 Å². The number of Topliss-reactive ketones (excluding diaryl/α,β-unsaturated/α-hetero) is 1. The molecule has 1 aromatic carbocycles. The van der Waals surface area contributed by atoms with E-state index in [4.69, 9.17) is 9.47 Å². The molecule has 13 heteroatoms. The van der Waals surface area contributed by atoms with Gasteiger partial charge in [0.15, 0.2) is 23.2 Å². The van der Waals surface area contributed by atoms with Crippen molar-refractivity contribution in [2.24, 2.45) is 17.8 Å². The molecule has 1 aromatic rings. The van der Waals surface area contributed by atoms with Crippen molar-refractivity contribution in [2.75, 3.05) is 19.8 Å². The molecule has 0 unspecified atom stereocenters. The Balaban J connectivity index is 1.70. The number of hydrogen-bond donors (Lipinski definition) is 3. The Kier molecular flexibility index (Phi) is 11.1. The fraction of sp³-hybridized carbons (Fsp3) is 0.630. The number of benzene rings is 1. The van der Waals surface area contributed by atoms with E-state index >= 15 is 0 Å². The first-order chi connectivity index (χ1) is 19.0. The number of alkyl carbamates (subject to hydrolysis) is 1. The van der Waals surface area contributed by atoms with Crippen molar-refractivity contribution in [3.8, 4) is 5.75 Å². The zero-order valence-corrected chi connectivity index (χ0v) is 22.5. The quantitative estimate of drug-likeness (QED) is 0.245. The molecule has 1 aliphatic heterocycles. The first-order valence-electron chi connectivity index (χ1n) is 13.5. The molecule has 3 N–H and O–H groups in total. The van der Waals surface area contributed by atoms with Crippen LogP contribution in [0.15, 0.2) is 6.07 Å². The molecule has 1 saturated heterocycles. The summed E-state index contributed by atoms with van der Waals surface area (Å²) in [6, 6.07) is -2.45. The molecule has 0 aromatic heterocycles. The molecule has 2 aliphatic rings. The number of ketones is 1. The Morgan fingerprint density at radius 3 is 2.23 bits per heavy atom. The molecule has 1 saturated carbocycles. The number of carbonyl (C=O) groups is 4. The smallest absolute Gasteiger partial charge is 0.407 e. The van der Waals surface area contributed by atoms with Crippen LogP contribution >= 0.6 is 0 Å². The molecule has 2 fully saturated rings. The number of amides is 3. The molecule has 3 rings (SSSR count). The van der Waals surface area contributed by atoms with E-state index in [-0.39, 0.29) is 43.3 Å². The zero-order chi connectivity index (χ0) is 29.4. The van der Waals surface area contributed by atoms with Gasteiger partial charge in [0.1, 0.15) is 12.6 Å². The minimum atomic E-state index is -1.82. The Labute approximate surface area is 229 Å². The van der Waals surface area contributed by atoms with Crippen molar-refractivity contribution in [1.82, 2.24) is 16.0 Å². The molecule has 1 aliphatic carbocycles. The van der Waals surface area contributed by atoms with Gasteiger partial charge in [-0.05, 0) is 43.9 Å². The Morgan fingerprint density at radius 2 is 1.65 bits per heavy atom. The molecule has 40 heavy (non-hydrogen) atoms. The summed E-state index contributed by atoms with van der Waals surface area (Å²) in [5.41, 5.74) is 0. The van der Waals surface area contributed by atoms with Gasteiger partial charge in [-0.1, -0.05) is 26.7 Å². The lowest BCUT2D eigenvalue weighted by molar-refractivity contribution is -0.131. The van der Waals surface area contributed by atoms with Crippen molar-refractivity contribution in [2.45, 2.75) is 70.9 Å². The monoisotopic (exact) mass is 573 g/mol. The van der Waals surface area contributed by atoms with Gasteiger partial charge in [0, 0.05) is 18.5 Å². The average molecular weight is 574 g/mol. The minimum absolute atomic E-state index is 0.00170. The highest BCUT2D eigenvalue weighted by Gasteiger charge is 2.34. The van der Waals surface area contributed by atoms with Gasteiger partial charge in [0.25, 0.3) is 0 Å². The molecular weight excluding hydrogens is 538 g/mol. The van der Waals surface area contributed by atoms with E-state index in [9.17, 15) is 36.7 Å². The minimum Gasteiger partial charge on any atom is -0.479 e. The second-order valence-electron chi connectivity index (χ2n) is 10.7. The maximum Gasteiger partial charge on any atom is 0.407 e. The summed E-state index contributed by atoms with van der Waals surface area (Å²) < 4.78 is 65.2. The Hall–Kier alpha value is -3.38. The summed E-state index contributed by atoms with van der Waals surface area (Å²) in [7, 11) is 0. The number of carbonyl (C=O) groups excluding carboxylic acids is 4. The van der Waals surface area contributed by atoms with Crippen LogP contribution < -0.4 is 20.7 Å². The molecule has 222 valence electrons. The highest BCUT2D eigenvalue weighted by Crippen LogP contribution is 2.27. The topological polar surface area (TPSA) is 123 Å². The molecule has 0 bridgehead atoms. The second-order valence-corrected chi connectivity index (χ2v) is 10.7. The molecule has 0 radical (unpaired) electrons. The largest absolute Gasteiger partial charge is 0.479 e. The van der Waals surface area contributed by atoms with Crippen LogP contribution in [0.4, 0.5) is 22.4 Å². The second kappa shape index (κ2) is 14.3. The number of rotatable bonds is 13. The fourth-order valence-corrected chi connectivity index (χ4v) is 4.88. The summed E-state index contributed by atoms with van der Waals surface area (Å²) in [6.07, 6.45) is 3.68. The van der Waals surface area contributed by atoms with Gasteiger partial charge in [-0.25, -0.2) is 13.6 Å². The standard InChI is InChI=1S/C27H35F4N3O6/c1-14(2)9-20(34-27(38)40-12-15-5-3-4-6-15)26(37)33-19(10-16-7-8-32-25(16)36)21(35)13-39-24-22(30)17(28)11-18(29)23(24)31/h11,14-16,19-20H,3-10,12-13H2,1-2H3,(H,32,36)(H,33,37)(H,34,38)/t16-,19-,20-/m0/s1. The van der Waals surface area contributed by atoms with Crippen LogP contribution in [0.5, 0.6) is 5.75 Å². The third-order valence-electron chi connectivity index (χ3n) is 7.06. The maximum atomic E-state index is 14.0. The van der Waals surface area contributed by atoms with Gasteiger partial charge in [0.05, 0.1) is 12.6 Å². The van der Waals surface area contributed by atoms with Crippen LogP contribution in [0.2, 0.25) is 0 Å². The summed E-state index contributed by atoms with van der Waals surface area (Å²) in [5, 5.41) is 7.65. The number of nitrogens with one attached hydrogen (secondary N) is 3. The highest BCUT2D eigenvalue weighted by atomic mass is 19.2. The van der Waals surface area contributed by atoms with E-state index in [1.165, 1.54) is 0 Å². The SMILES string of the molecule is CC(C)C[C@H](NC(=O)OCC1CCCC1)C(=O)N[C@@H](C[C@@H]1CCNC1=O)C(=O)COc1c(F)c(F)cc(F)c1F. The first-order valence-corrected chi connectivity index (χ1v) is 13.5. The van der Waals surface area contributed by atoms with E-state index in [1.54, 1.807) is 0 Å². The summed E-state index contributed by atoms with van der Waals surface area (Å²) >= 11 is 0. The normalized spacial score (nSPS) is 18.8. The van der Waals surface area contributed by atoms with Crippen LogP contribution in [0.25, 0.3) is 0 Å². The van der Waals surface area contributed by atoms with Gasteiger partial charge in [-0.3, -0.25) is 14.4 Å². The summed E-state index contributed by atoms with van der Waals surface area (Å²) in [6.45, 7) is 3.18. The van der Waals surface area contributed by atoms with E-state index < -0.39 is 71.4 Å². The molecule has 0 spiro atoms. The lowest BCUT2D eigenvalue weighted by Gasteiger charge is -2.25. The van der Waals surface area contributed by atoms with Crippen LogP contribution in [0.3, 0.4) is 0 Å². The van der Waals surface area contributed by atoms with E-state index in [2.05, 4.69) is 16.0 Å². The van der Waals surface area contributed by atoms with Gasteiger partial charge in [-0.15, -0.1) is 0 Å². The van der Waals surface area contributed by atoms with Crippen LogP contribution in [-0.2, 0) is 19.1 Å². The highest BCUT2D eigenvalue weighted by molar-refractivity contribution is 5.93.